The summed E-state index contributed by atoms with van der Waals surface area (Å²) in [6, 6.07) is 14.7. The molecule has 1 aliphatic heterocycles. The minimum atomic E-state index is -0.646. The quantitative estimate of drug-likeness (QED) is 0.479. The largest absolute Gasteiger partial charge is 0.497 e. The molecule has 0 spiro atoms. The van der Waals surface area contributed by atoms with Crippen molar-refractivity contribution in [1.29, 1.82) is 5.26 Å². The van der Waals surface area contributed by atoms with E-state index in [1.165, 1.54) is 0 Å². The van der Waals surface area contributed by atoms with Crippen molar-refractivity contribution < 1.29 is 18.6 Å². The van der Waals surface area contributed by atoms with E-state index in [2.05, 4.69) is 26.4 Å². The van der Waals surface area contributed by atoms with Gasteiger partial charge in [-0.15, -0.1) is 10.2 Å². The van der Waals surface area contributed by atoms with E-state index in [9.17, 15) is 4.79 Å². The molecule has 0 unspecified atom stereocenters. The van der Waals surface area contributed by atoms with Crippen LogP contribution < -0.4 is 4.74 Å². The molecule has 1 amide bonds. The van der Waals surface area contributed by atoms with E-state index >= 15 is 0 Å². The molecule has 0 atom stereocenters. The first-order valence-corrected chi connectivity index (χ1v) is 9.30. The van der Waals surface area contributed by atoms with Crippen molar-refractivity contribution in [1.82, 2.24) is 10.2 Å². The number of aromatic nitrogens is 2. The lowest BCUT2D eigenvalue weighted by molar-refractivity contribution is -0.438. The Hall–Kier alpha value is -4.45. The number of nitriles is 1. The molecular weight excluding hydrogens is 396 g/mol. The molecule has 9 heteroatoms. The molecule has 2 heterocycles. The maximum Gasteiger partial charge on any atom is 0.334 e. The monoisotopic (exact) mass is 413 g/mol. The Bertz CT molecular complexity index is 1310. The van der Waals surface area contributed by atoms with Crippen LogP contribution in [-0.4, -0.2) is 45.5 Å². The third-order valence-electron chi connectivity index (χ3n) is 4.59. The second kappa shape index (κ2) is 8.12. The first kappa shape index (κ1) is 19.8. The van der Waals surface area contributed by atoms with E-state index < -0.39 is 5.91 Å². The topological polar surface area (TPSA) is 117 Å². The van der Waals surface area contributed by atoms with Gasteiger partial charge in [0.05, 0.1) is 29.9 Å². The summed E-state index contributed by atoms with van der Waals surface area (Å²) in [4.78, 5) is 16.7. The van der Waals surface area contributed by atoms with Crippen molar-refractivity contribution in [2.75, 3.05) is 7.11 Å². The van der Waals surface area contributed by atoms with Crippen LogP contribution in [-0.2, 0) is 0 Å². The van der Waals surface area contributed by atoms with Gasteiger partial charge >= 0.3 is 11.8 Å². The smallest absolute Gasteiger partial charge is 0.334 e. The van der Waals surface area contributed by atoms with Crippen molar-refractivity contribution in [3.63, 3.8) is 0 Å². The number of nitrogens with zero attached hydrogens (tertiary/aromatic N) is 6. The van der Waals surface area contributed by atoms with Gasteiger partial charge in [-0.3, -0.25) is 4.79 Å². The number of methoxy groups -OCH3 is 1. The van der Waals surface area contributed by atoms with E-state index in [4.69, 9.17) is 14.4 Å². The van der Waals surface area contributed by atoms with Crippen LogP contribution in [0.2, 0.25) is 0 Å². The number of carbonyl (C=O) groups excluding carboxylic acids is 1. The summed E-state index contributed by atoms with van der Waals surface area (Å²) in [6.45, 7) is 3.30. The third-order valence-corrected chi connectivity index (χ3v) is 4.59. The zero-order valence-electron chi connectivity index (χ0n) is 17.0. The van der Waals surface area contributed by atoms with Crippen LogP contribution in [0.3, 0.4) is 0 Å². The molecule has 3 aromatic rings. The number of fused-ring (bicyclic) bond motifs is 1. The highest BCUT2D eigenvalue weighted by atomic mass is 16.5. The molecule has 0 aliphatic carbocycles. The fourth-order valence-electron chi connectivity index (χ4n) is 3.15. The molecular formula is C22H17N6O3+. The number of amides is 1. The Morgan fingerprint density at radius 1 is 1.19 bits per heavy atom. The lowest BCUT2D eigenvalue weighted by Crippen LogP contribution is -2.22. The second-order valence-electron chi connectivity index (χ2n) is 6.65. The van der Waals surface area contributed by atoms with Crippen molar-refractivity contribution in [3.05, 3.63) is 70.9 Å². The SMILES string of the molecule is COc1ccc(/C(C(C)=NC(=O)c2nnc(C)o2)=[N+]2/N=Cc3cc(C#N)ccc32)cc1. The van der Waals surface area contributed by atoms with Crippen LogP contribution in [0.5, 0.6) is 5.75 Å². The fourth-order valence-corrected chi connectivity index (χ4v) is 3.15. The molecule has 2 aromatic carbocycles. The first-order valence-electron chi connectivity index (χ1n) is 9.30. The Balaban J connectivity index is 1.86. The van der Waals surface area contributed by atoms with Crippen molar-refractivity contribution in [2.45, 2.75) is 13.8 Å². The molecule has 9 nitrogen and oxygen atoms in total. The van der Waals surface area contributed by atoms with Crippen LogP contribution in [0, 0.1) is 18.3 Å². The molecule has 152 valence electrons. The molecule has 1 aliphatic rings. The summed E-state index contributed by atoms with van der Waals surface area (Å²) in [5.41, 5.74) is 3.85. The van der Waals surface area contributed by atoms with Crippen LogP contribution in [0.1, 0.15) is 40.2 Å². The van der Waals surface area contributed by atoms with Crippen LogP contribution in [0.25, 0.3) is 0 Å². The van der Waals surface area contributed by atoms with E-state index in [0.29, 0.717) is 22.7 Å². The Morgan fingerprint density at radius 2 is 1.97 bits per heavy atom. The zero-order chi connectivity index (χ0) is 22.0. The van der Waals surface area contributed by atoms with Crippen LogP contribution in [0.4, 0.5) is 5.69 Å². The number of ether oxygens (including phenoxy) is 1. The number of aliphatic imine (C=N–C) groups is 1. The lowest BCUT2D eigenvalue weighted by Gasteiger charge is -2.05. The average Bonchev–Trinajstić information content (AvgIpc) is 3.40. The normalized spacial score (nSPS) is 14.2. The van der Waals surface area contributed by atoms with E-state index in [0.717, 1.165) is 16.8 Å². The number of aryl methyl sites for hydroxylation is 1. The van der Waals surface area contributed by atoms with Gasteiger partial charge in [0.1, 0.15) is 17.7 Å². The zero-order valence-corrected chi connectivity index (χ0v) is 17.0. The lowest BCUT2D eigenvalue weighted by atomic mass is 10.0. The van der Waals surface area contributed by atoms with Gasteiger partial charge in [-0.05, 0) is 53.1 Å². The van der Waals surface area contributed by atoms with E-state index in [-0.39, 0.29) is 11.8 Å². The summed E-state index contributed by atoms with van der Waals surface area (Å²) >= 11 is 0. The highest BCUT2D eigenvalue weighted by molar-refractivity contribution is 6.47. The number of hydrogen-bond donors (Lipinski definition) is 0. The number of carbonyl (C=O) groups is 1. The minimum absolute atomic E-state index is 0.185. The van der Waals surface area contributed by atoms with Crippen molar-refractivity contribution in [2.24, 2.45) is 10.1 Å². The van der Waals surface area contributed by atoms with E-state index in [1.54, 1.807) is 50.1 Å². The van der Waals surface area contributed by atoms with Gasteiger partial charge < -0.3 is 9.15 Å². The molecule has 0 N–H and O–H groups in total. The van der Waals surface area contributed by atoms with Crippen LogP contribution in [0.15, 0.2) is 57.0 Å². The van der Waals surface area contributed by atoms with Gasteiger partial charge in [-0.2, -0.15) is 5.26 Å². The number of benzene rings is 2. The Morgan fingerprint density at radius 3 is 2.61 bits per heavy atom. The Labute approximate surface area is 177 Å². The second-order valence-corrected chi connectivity index (χ2v) is 6.65. The van der Waals surface area contributed by atoms with Gasteiger partial charge in [0, 0.05) is 13.0 Å². The highest BCUT2D eigenvalue weighted by Gasteiger charge is 2.30. The number of hydrazone groups is 1. The maximum absolute atomic E-state index is 12.5. The predicted octanol–water partition coefficient (Wildman–Crippen LogP) is 3.04. The molecule has 0 radical (unpaired) electrons. The molecule has 0 saturated heterocycles. The van der Waals surface area contributed by atoms with Gasteiger partial charge in [-0.1, -0.05) is 0 Å². The molecule has 0 bridgehead atoms. The summed E-state index contributed by atoms with van der Waals surface area (Å²) in [5, 5.41) is 21.1. The minimum Gasteiger partial charge on any atom is -0.497 e. The summed E-state index contributed by atoms with van der Waals surface area (Å²) in [5.74, 6) is 0.142. The number of rotatable bonds is 4. The summed E-state index contributed by atoms with van der Waals surface area (Å²) in [7, 11) is 1.59. The molecule has 1 aromatic heterocycles. The molecule has 0 saturated carbocycles. The highest BCUT2D eigenvalue weighted by Crippen LogP contribution is 2.26. The van der Waals surface area contributed by atoms with Crippen molar-refractivity contribution in [3.8, 4) is 11.8 Å². The summed E-state index contributed by atoms with van der Waals surface area (Å²) < 4.78 is 12.1. The van der Waals surface area contributed by atoms with Gasteiger partial charge in [0.2, 0.25) is 11.6 Å². The standard InChI is InChI=1S/C22H17N6O3/c1-13(25-21(29)22-27-26-14(2)31-22)20(16-5-7-18(30-3)8-6-16)28-19-9-4-15(11-23)10-17(19)12-24-28/h4-10,12H,1-3H3/q+1/b25-13?,28-20+. The van der Waals surface area contributed by atoms with E-state index in [1.807, 2.05) is 24.3 Å². The maximum atomic E-state index is 12.5. The molecule has 31 heavy (non-hydrogen) atoms. The van der Waals surface area contributed by atoms with Crippen molar-refractivity contribution >= 4 is 29.2 Å². The molecule has 4 rings (SSSR count). The van der Waals surface area contributed by atoms with Gasteiger partial charge in [-0.25, -0.2) is 4.99 Å². The fraction of sp³-hybridized carbons (Fsp3) is 0.136. The third kappa shape index (κ3) is 3.86. The number of hydrogen-bond acceptors (Lipinski definition) is 7. The summed E-state index contributed by atoms with van der Waals surface area (Å²) in [6.07, 6.45) is 1.66. The predicted molar refractivity (Wildman–Crippen MR) is 112 cm³/mol. The van der Waals surface area contributed by atoms with Gasteiger partial charge in [0.25, 0.3) is 5.71 Å². The average molecular weight is 413 g/mol. The van der Waals surface area contributed by atoms with Gasteiger partial charge in [0.15, 0.2) is 0 Å². The van der Waals surface area contributed by atoms with Crippen LogP contribution >= 0.6 is 0 Å². The Kier molecular flexibility index (Phi) is 5.20. The molecule has 0 fully saturated rings. The first-order chi connectivity index (χ1) is 15.0.